The lowest BCUT2D eigenvalue weighted by Crippen LogP contribution is -2.04. The van der Waals surface area contributed by atoms with Crippen LogP contribution in [-0.4, -0.2) is 15.2 Å². The van der Waals surface area contributed by atoms with E-state index in [1.807, 2.05) is 25.1 Å². The highest BCUT2D eigenvalue weighted by molar-refractivity contribution is 9.10. The molecule has 0 saturated heterocycles. The summed E-state index contributed by atoms with van der Waals surface area (Å²) in [7, 11) is 0. The number of nitrogens with one attached hydrogen (secondary N) is 1. The molecule has 0 aliphatic heterocycles. The fourth-order valence-electron chi connectivity index (χ4n) is 1.27. The second-order valence-electron chi connectivity index (χ2n) is 3.36. The molecule has 0 aliphatic carbocycles. The van der Waals surface area contributed by atoms with Crippen LogP contribution in [-0.2, 0) is 6.54 Å². The predicted octanol–water partition coefficient (Wildman–Crippen LogP) is 2.55. The van der Waals surface area contributed by atoms with Crippen LogP contribution in [0.15, 0.2) is 35.1 Å². The van der Waals surface area contributed by atoms with Gasteiger partial charge in [-0.3, -0.25) is 0 Å². The molecular formula is C11H11BrN4. The molecule has 0 amide bonds. The molecule has 1 N–H and O–H groups in total. The third kappa shape index (κ3) is 2.55. The molecule has 0 spiro atoms. The van der Waals surface area contributed by atoms with Crippen LogP contribution in [0.25, 0.3) is 0 Å². The first-order chi connectivity index (χ1) is 7.77. The molecular weight excluding hydrogens is 268 g/mol. The van der Waals surface area contributed by atoms with E-state index in [9.17, 15) is 0 Å². The van der Waals surface area contributed by atoms with Gasteiger partial charge in [-0.15, -0.1) is 0 Å². The summed E-state index contributed by atoms with van der Waals surface area (Å²) in [4.78, 5) is 4.25. The molecule has 2 aromatic heterocycles. The highest BCUT2D eigenvalue weighted by atomic mass is 79.9. The number of nitrogens with zero attached hydrogens (tertiary/aromatic N) is 3. The number of pyridine rings is 1. The molecule has 2 aromatic rings. The molecule has 0 atom stereocenters. The first-order valence-electron chi connectivity index (χ1n) is 4.89. The third-order valence-electron chi connectivity index (χ3n) is 2.15. The van der Waals surface area contributed by atoms with Crippen molar-refractivity contribution in [2.45, 2.75) is 13.5 Å². The Hall–Kier alpha value is -1.49. The fourth-order valence-corrected chi connectivity index (χ4v) is 1.64. The zero-order chi connectivity index (χ0) is 11.4. The number of hydrogen-bond donors (Lipinski definition) is 1. The Bertz CT molecular complexity index is 473. The molecule has 0 unspecified atom stereocenters. The maximum absolute atomic E-state index is 4.25. The lowest BCUT2D eigenvalue weighted by atomic mass is 10.3. The topological polar surface area (TPSA) is 50.7 Å². The van der Waals surface area contributed by atoms with Gasteiger partial charge in [0.15, 0.2) is 0 Å². The third-order valence-corrected chi connectivity index (χ3v) is 3.15. The van der Waals surface area contributed by atoms with Gasteiger partial charge >= 0.3 is 0 Å². The molecule has 0 bridgehead atoms. The molecule has 0 aromatic carbocycles. The summed E-state index contributed by atoms with van der Waals surface area (Å²) in [6.07, 6.45) is 3.43. The molecule has 5 heteroatoms. The van der Waals surface area contributed by atoms with Gasteiger partial charge in [-0.25, -0.2) is 4.98 Å². The molecule has 0 saturated carbocycles. The minimum atomic E-state index is 0.614. The average Bonchev–Trinajstić information content (AvgIpc) is 2.32. The molecule has 0 aliphatic rings. The number of aryl methyl sites for hydroxylation is 1. The predicted molar refractivity (Wildman–Crippen MR) is 66.0 cm³/mol. The van der Waals surface area contributed by atoms with E-state index >= 15 is 0 Å². The zero-order valence-corrected chi connectivity index (χ0v) is 10.4. The lowest BCUT2D eigenvalue weighted by Gasteiger charge is -2.07. The Labute approximate surface area is 102 Å². The molecule has 2 heterocycles. The second kappa shape index (κ2) is 5.03. The van der Waals surface area contributed by atoms with Crippen LogP contribution in [0.4, 0.5) is 5.82 Å². The summed E-state index contributed by atoms with van der Waals surface area (Å²) in [5, 5.41) is 11.0. The zero-order valence-electron chi connectivity index (χ0n) is 8.81. The summed E-state index contributed by atoms with van der Waals surface area (Å²) < 4.78 is 0.985. The van der Waals surface area contributed by atoms with E-state index in [-0.39, 0.29) is 0 Å². The van der Waals surface area contributed by atoms with E-state index < -0.39 is 0 Å². The van der Waals surface area contributed by atoms with Crippen LogP contribution in [0.2, 0.25) is 0 Å². The van der Waals surface area contributed by atoms with Gasteiger partial charge in [0.1, 0.15) is 5.82 Å². The summed E-state index contributed by atoms with van der Waals surface area (Å²) in [5.41, 5.74) is 2.04. The van der Waals surface area contributed by atoms with Crippen molar-refractivity contribution < 1.29 is 0 Å². The van der Waals surface area contributed by atoms with Crippen LogP contribution in [0.3, 0.4) is 0 Å². The maximum Gasteiger partial charge on any atom is 0.140 e. The largest absolute Gasteiger partial charge is 0.363 e. The van der Waals surface area contributed by atoms with Gasteiger partial charge in [-0.05, 0) is 46.6 Å². The molecule has 16 heavy (non-hydrogen) atoms. The lowest BCUT2D eigenvalue weighted by molar-refractivity contribution is 0.919. The van der Waals surface area contributed by atoms with Crippen molar-refractivity contribution >= 4 is 21.7 Å². The van der Waals surface area contributed by atoms with Gasteiger partial charge in [0.05, 0.1) is 16.7 Å². The molecule has 0 radical (unpaired) electrons. The number of halogens is 1. The standard InChI is InChI=1S/C11H11BrN4/c1-8-4-6-13-11(10(8)12)14-7-9-3-2-5-15-16-9/h2-6H,7H2,1H3,(H,13,14). The highest BCUT2D eigenvalue weighted by Gasteiger charge is 2.03. The Morgan fingerprint density at radius 2 is 2.19 bits per heavy atom. The van der Waals surface area contributed by atoms with Crippen LogP contribution < -0.4 is 5.32 Å². The van der Waals surface area contributed by atoms with Gasteiger partial charge in [0.25, 0.3) is 0 Å². The Kier molecular flexibility index (Phi) is 3.46. The monoisotopic (exact) mass is 278 g/mol. The number of anilines is 1. The summed E-state index contributed by atoms with van der Waals surface area (Å²) in [6, 6.07) is 5.74. The average molecular weight is 279 g/mol. The fraction of sp³-hybridized carbons (Fsp3) is 0.182. The van der Waals surface area contributed by atoms with Crippen molar-refractivity contribution in [3.63, 3.8) is 0 Å². The summed E-state index contributed by atoms with van der Waals surface area (Å²) in [5.74, 6) is 0.825. The van der Waals surface area contributed by atoms with Gasteiger partial charge in [-0.2, -0.15) is 10.2 Å². The van der Waals surface area contributed by atoms with E-state index in [0.717, 1.165) is 21.5 Å². The van der Waals surface area contributed by atoms with Gasteiger partial charge in [0, 0.05) is 12.4 Å². The Morgan fingerprint density at radius 1 is 1.31 bits per heavy atom. The summed E-state index contributed by atoms with van der Waals surface area (Å²) in [6.45, 7) is 2.64. The normalized spacial score (nSPS) is 10.1. The van der Waals surface area contributed by atoms with E-state index in [0.29, 0.717) is 6.54 Å². The van der Waals surface area contributed by atoms with Crippen LogP contribution >= 0.6 is 15.9 Å². The highest BCUT2D eigenvalue weighted by Crippen LogP contribution is 2.23. The molecule has 82 valence electrons. The van der Waals surface area contributed by atoms with Crippen molar-refractivity contribution in [2.24, 2.45) is 0 Å². The van der Waals surface area contributed by atoms with Crippen molar-refractivity contribution in [3.05, 3.63) is 46.3 Å². The van der Waals surface area contributed by atoms with Crippen LogP contribution in [0, 0.1) is 6.92 Å². The van der Waals surface area contributed by atoms with E-state index in [1.165, 1.54) is 0 Å². The maximum atomic E-state index is 4.25. The van der Waals surface area contributed by atoms with Crippen molar-refractivity contribution in [1.82, 2.24) is 15.2 Å². The molecule has 4 nitrogen and oxygen atoms in total. The SMILES string of the molecule is Cc1ccnc(NCc2cccnn2)c1Br. The van der Waals surface area contributed by atoms with E-state index in [1.54, 1.807) is 12.4 Å². The first kappa shape index (κ1) is 11.0. The minimum absolute atomic E-state index is 0.614. The Balaban J connectivity index is 2.08. The van der Waals surface area contributed by atoms with Crippen LogP contribution in [0.1, 0.15) is 11.3 Å². The molecule has 0 fully saturated rings. The van der Waals surface area contributed by atoms with Gasteiger partial charge in [0.2, 0.25) is 0 Å². The smallest absolute Gasteiger partial charge is 0.140 e. The van der Waals surface area contributed by atoms with Crippen molar-refractivity contribution in [1.29, 1.82) is 0 Å². The van der Waals surface area contributed by atoms with E-state index in [4.69, 9.17) is 0 Å². The van der Waals surface area contributed by atoms with Gasteiger partial charge in [-0.1, -0.05) is 0 Å². The Morgan fingerprint density at radius 3 is 2.94 bits per heavy atom. The summed E-state index contributed by atoms with van der Waals surface area (Å²) >= 11 is 3.49. The van der Waals surface area contributed by atoms with Gasteiger partial charge < -0.3 is 5.32 Å². The van der Waals surface area contributed by atoms with Crippen LogP contribution in [0.5, 0.6) is 0 Å². The molecule has 2 rings (SSSR count). The first-order valence-corrected chi connectivity index (χ1v) is 5.68. The second-order valence-corrected chi connectivity index (χ2v) is 4.15. The minimum Gasteiger partial charge on any atom is -0.363 e. The number of hydrogen-bond acceptors (Lipinski definition) is 4. The van der Waals surface area contributed by atoms with Crippen molar-refractivity contribution in [2.75, 3.05) is 5.32 Å². The van der Waals surface area contributed by atoms with E-state index in [2.05, 4.69) is 36.4 Å². The van der Waals surface area contributed by atoms with Crippen molar-refractivity contribution in [3.8, 4) is 0 Å². The number of rotatable bonds is 3. The number of aromatic nitrogens is 3. The quantitative estimate of drug-likeness (QED) is 0.938.